The molecule has 1 unspecified atom stereocenters. The SMILES string of the molecule is O=C(C1CCSCC1)N1CCC2(CC1)OCCC2CCOc1cccnc1. The van der Waals surface area contributed by atoms with Crippen molar-refractivity contribution in [2.45, 2.75) is 44.1 Å². The smallest absolute Gasteiger partial charge is 0.225 e. The molecule has 5 nitrogen and oxygen atoms in total. The molecule has 0 radical (unpaired) electrons. The van der Waals surface area contributed by atoms with E-state index in [9.17, 15) is 4.79 Å². The lowest BCUT2D eigenvalue weighted by molar-refractivity contribution is -0.142. The van der Waals surface area contributed by atoms with Crippen LogP contribution in [-0.4, -0.2) is 59.2 Å². The van der Waals surface area contributed by atoms with Gasteiger partial charge in [0.1, 0.15) is 5.75 Å². The number of hydrogen-bond acceptors (Lipinski definition) is 5. The number of carbonyl (C=O) groups excluding carboxylic acids is 1. The number of thioether (sulfide) groups is 1. The van der Waals surface area contributed by atoms with Crippen molar-refractivity contribution in [2.24, 2.45) is 11.8 Å². The number of carbonyl (C=O) groups is 1. The van der Waals surface area contributed by atoms with Gasteiger partial charge in [-0.15, -0.1) is 0 Å². The Bertz CT molecular complexity index is 613. The largest absolute Gasteiger partial charge is 0.492 e. The van der Waals surface area contributed by atoms with Crippen LogP contribution in [0.15, 0.2) is 24.5 Å². The summed E-state index contributed by atoms with van der Waals surface area (Å²) >= 11 is 1.98. The molecular weight excluding hydrogens is 360 g/mol. The van der Waals surface area contributed by atoms with Gasteiger partial charge in [-0.25, -0.2) is 0 Å². The summed E-state index contributed by atoms with van der Waals surface area (Å²) in [7, 11) is 0. The maximum absolute atomic E-state index is 12.8. The van der Waals surface area contributed by atoms with Gasteiger partial charge in [-0.1, -0.05) is 0 Å². The number of hydrogen-bond donors (Lipinski definition) is 0. The fraction of sp³-hybridized carbons (Fsp3) is 0.714. The zero-order chi connectivity index (χ0) is 18.5. The normalized spacial score (nSPS) is 25.6. The van der Waals surface area contributed by atoms with Gasteiger partial charge >= 0.3 is 0 Å². The van der Waals surface area contributed by atoms with Crippen molar-refractivity contribution >= 4 is 17.7 Å². The van der Waals surface area contributed by atoms with E-state index in [2.05, 4.69) is 9.88 Å². The van der Waals surface area contributed by atoms with E-state index in [1.165, 1.54) is 0 Å². The Morgan fingerprint density at radius 2 is 2.11 bits per heavy atom. The Labute approximate surface area is 166 Å². The number of amides is 1. The van der Waals surface area contributed by atoms with Gasteiger partial charge in [0, 0.05) is 31.8 Å². The number of nitrogens with zero attached hydrogens (tertiary/aromatic N) is 2. The Balaban J connectivity index is 1.27. The molecule has 1 aromatic heterocycles. The third-order valence-electron chi connectivity index (χ3n) is 6.46. The van der Waals surface area contributed by atoms with Crippen LogP contribution in [0.1, 0.15) is 38.5 Å². The van der Waals surface area contributed by atoms with E-state index in [4.69, 9.17) is 9.47 Å². The maximum Gasteiger partial charge on any atom is 0.225 e. The molecule has 1 atom stereocenters. The van der Waals surface area contributed by atoms with E-state index >= 15 is 0 Å². The molecule has 4 heterocycles. The monoisotopic (exact) mass is 390 g/mol. The Morgan fingerprint density at radius 3 is 2.85 bits per heavy atom. The number of piperidine rings is 1. The van der Waals surface area contributed by atoms with Crippen LogP contribution in [-0.2, 0) is 9.53 Å². The van der Waals surface area contributed by atoms with E-state index in [0.29, 0.717) is 18.4 Å². The molecule has 0 aromatic carbocycles. The van der Waals surface area contributed by atoms with Crippen LogP contribution >= 0.6 is 11.8 Å². The van der Waals surface area contributed by atoms with E-state index in [1.807, 2.05) is 23.9 Å². The summed E-state index contributed by atoms with van der Waals surface area (Å²) in [4.78, 5) is 19.0. The second kappa shape index (κ2) is 8.82. The quantitative estimate of drug-likeness (QED) is 0.771. The Morgan fingerprint density at radius 1 is 1.30 bits per heavy atom. The number of rotatable bonds is 5. The average molecular weight is 391 g/mol. The van der Waals surface area contributed by atoms with Gasteiger partial charge in [-0.3, -0.25) is 9.78 Å². The van der Waals surface area contributed by atoms with Crippen LogP contribution in [0, 0.1) is 11.8 Å². The minimum Gasteiger partial charge on any atom is -0.492 e. The summed E-state index contributed by atoms with van der Waals surface area (Å²) in [6, 6.07) is 3.84. The fourth-order valence-electron chi connectivity index (χ4n) is 4.81. The summed E-state index contributed by atoms with van der Waals surface area (Å²) in [5.41, 5.74) is -0.0442. The van der Waals surface area contributed by atoms with Crippen molar-refractivity contribution in [1.82, 2.24) is 9.88 Å². The topological polar surface area (TPSA) is 51.7 Å². The minimum absolute atomic E-state index is 0.0442. The molecule has 27 heavy (non-hydrogen) atoms. The van der Waals surface area contributed by atoms with Crippen molar-refractivity contribution in [1.29, 1.82) is 0 Å². The van der Waals surface area contributed by atoms with Gasteiger partial charge < -0.3 is 14.4 Å². The van der Waals surface area contributed by atoms with Gasteiger partial charge in [-0.2, -0.15) is 11.8 Å². The maximum atomic E-state index is 12.8. The van der Waals surface area contributed by atoms with Crippen LogP contribution < -0.4 is 4.74 Å². The molecule has 0 aliphatic carbocycles. The van der Waals surface area contributed by atoms with E-state index in [0.717, 1.165) is 75.5 Å². The molecule has 3 fully saturated rings. The molecule has 6 heteroatoms. The zero-order valence-electron chi connectivity index (χ0n) is 16.0. The predicted octanol–water partition coefficient (Wildman–Crippen LogP) is 3.39. The van der Waals surface area contributed by atoms with Crippen molar-refractivity contribution in [3.05, 3.63) is 24.5 Å². The molecule has 4 rings (SSSR count). The molecule has 3 aliphatic heterocycles. The number of ether oxygens (including phenoxy) is 2. The lowest BCUT2D eigenvalue weighted by Gasteiger charge is -2.43. The first-order chi connectivity index (χ1) is 13.3. The van der Waals surface area contributed by atoms with Crippen molar-refractivity contribution in [2.75, 3.05) is 37.8 Å². The van der Waals surface area contributed by atoms with Crippen molar-refractivity contribution in [3.8, 4) is 5.75 Å². The standard InChI is InChI=1S/C21H30N2O3S/c24-20(17-5-14-27-15-6-17)23-10-7-21(8-11-23)18(4-13-26-21)3-12-25-19-2-1-9-22-16-19/h1-2,9,16-18H,3-8,10-15H2. The lowest BCUT2D eigenvalue weighted by Crippen LogP contribution is -2.51. The van der Waals surface area contributed by atoms with E-state index in [1.54, 1.807) is 12.4 Å². The zero-order valence-corrected chi connectivity index (χ0v) is 16.8. The van der Waals surface area contributed by atoms with Crippen LogP contribution in [0.5, 0.6) is 5.75 Å². The van der Waals surface area contributed by atoms with Crippen LogP contribution in [0.3, 0.4) is 0 Å². The van der Waals surface area contributed by atoms with Crippen LogP contribution in [0.25, 0.3) is 0 Å². The number of pyridine rings is 1. The Kier molecular flexibility index (Phi) is 6.23. The molecule has 0 bridgehead atoms. The highest BCUT2D eigenvalue weighted by atomic mass is 32.2. The predicted molar refractivity (Wildman–Crippen MR) is 107 cm³/mol. The highest BCUT2D eigenvalue weighted by Crippen LogP contribution is 2.42. The summed E-state index contributed by atoms with van der Waals surface area (Å²) < 4.78 is 12.1. The molecule has 1 amide bonds. The van der Waals surface area contributed by atoms with Crippen molar-refractivity contribution < 1.29 is 14.3 Å². The minimum atomic E-state index is -0.0442. The molecular formula is C21H30N2O3S. The van der Waals surface area contributed by atoms with Gasteiger partial charge in [0.25, 0.3) is 0 Å². The molecule has 0 saturated carbocycles. The molecule has 3 aliphatic rings. The van der Waals surface area contributed by atoms with Crippen LogP contribution in [0.2, 0.25) is 0 Å². The van der Waals surface area contributed by atoms with Gasteiger partial charge in [0.2, 0.25) is 5.91 Å². The number of aromatic nitrogens is 1. The lowest BCUT2D eigenvalue weighted by atomic mass is 9.78. The summed E-state index contributed by atoms with van der Waals surface area (Å²) in [5.74, 6) is 4.27. The van der Waals surface area contributed by atoms with E-state index in [-0.39, 0.29) is 11.5 Å². The highest BCUT2D eigenvalue weighted by molar-refractivity contribution is 7.99. The average Bonchev–Trinajstić information content (AvgIpc) is 3.11. The third kappa shape index (κ3) is 4.43. The van der Waals surface area contributed by atoms with Crippen LogP contribution in [0.4, 0.5) is 0 Å². The first kappa shape index (κ1) is 19.1. The first-order valence-electron chi connectivity index (χ1n) is 10.3. The summed E-state index contributed by atoms with van der Waals surface area (Å²) in [6.45, 7) is 3.24. The molecule has 3 saturated heterocycles. The second-order valence-electron chi connectivity index (χ2n) is 7.94. The highest BCUT2D eigenvalue weighted by Gasteiger charge is 2.46. The van der Waals surface area contributed by atoms with Gasteiger partial charge in [0.05, 0.1) is 18.4 Å². The second-order valence-corrected chi connectivity index (χ2v) is 9.16. The molecule has 0 N–H and O–H groups in total. The fourth-order valence-corrected chi connectivity index (χ4v) is 5.91. The summed E-state index contributed by atoms with van der Waals surface area (Å²) in [6.07, 6.45) is 9.66. The van der Waals surface area contributed by atoms with Gasteiger partial charge in [0.15, 0.2) is 0 Å². The third-order valence-corrected chi connectivity index (χ3v) is 7.51. The summed E-state index contributed by atoms with van der Waals surface area (Å²) in [5, 5.41) is 0. The molecule has 1 spiro atoms. The first-order valence-corrected chi connectivity index (χ1v) is 11.5. The molecule has 148 valence electrons. The van der Waals surface area contributed by atoms with Gasteiger partial charge in [-0.05, 0) is 68.1 Å². The van der Waals surface area contributed by atoms with E-state index < -0.39 is 0 Å². The number of likely N-dealkylation sites (tertiary alicyclic amines) is 1. The Hall–Kier alpha value is -1.27. The van der Waals surface area contributed by atoms with Crippen molar-refractivity contribution in [3.63, 3.8) is 0 Å². The molecule has 1 aromatic rings.